The summed E-state index contributed by atoms with van der Waals surface area (Å²) in [5, 5.41) is 19.1. The van der Waals surface area contributed by atoms with Gasteiger partial charge >= 0.3 is 0 Å². The maximum atomic E-state index is 4.82. The predicted molar refractivity (Wildman–Crippen MR) is 220 cm³/mol. The maximum Gasteiger partial charge on any atom is 0.148 e. The van der Waals surface area contributed by atoms with Gasteiger partial charge in [0.1, 0.15) is 17.5 Å². The minimum Gasteiger partial charge on any atom is -0.380 e. The van der Waals surface area contributed by atoms with Crippen LogP contribution in [0.15, 0.2) is 72.8 Å². The molecule has 0 unspecified atom stereocenters. The molecule has 0 saturated heterocycles. The van der Waals surface area contributed by atoms with Crippen molar-refractivity contribution in [2.75, 3.05) is 14.1 Å². The van der Waals surface area contributed by atoms with Gasteiger partial charge in [-0.1, -0.05) is 69.8 Å². The molecule has 0 saturated carbocycles. The second kappa shape index (κ2) is 22.5. The molecule has 3 aromatic rings. The fourth-order valence-corrected chi connectivity index (χ4v) is 5.28. The number of rotatable bonds is 9. The number of amidine groups is 1. The van der Waals surface area contributed by atoms with E-state index in [0.29, 0.717) is 18.1 Å². The Morgan fingerprint density at radius 3 is 2.22 bits per heavy atom. The third-order valence-corrected chi connectivity index (χ3v) is 8.58. The van der Waals surface area contributed by atoms with Crippen LogP contribution in [0.4, 0.5) is 0 Å². The number of nitrogens with zero attached hydrogens (tertiary/aromatic N) is 5. The molecule has 1 aliphatic rings. The van der Waals surface area contributed by atoms with Crippen LogP contribution in [0.3, 0.4) is 0 Å². The second-order valence-corrected chi connectivity index (χ2v) is 12.2. The first-order valence-corrected chi connectivity index (χ1v) is 17.7. The molecule has 0 spiro atoms. The van der Waals surface area contributed by atoms with Gasteiger partial charge in [-0.05, 0) is 100 Å². The molecule has 1 aliphatic carbocycles. The van der Waals surface area contributed by atoms with Crippen LogP contribution in [0.25, 0.3) is 11.4 Å². The third-order valence-electron chi connectivity index (χ3n) is 8.58. The molecule has 8 heteroatoms. The highest BCUT2D eigenvalue weighted by Crippen LogP contribution is 2.32. The Kier molecular flexibility index (Phi) is 19.4. The fraction of sp³-hybridized carbons (Fsp3) is 0.395. The topological polar surface area (TPSA) is 92.1 Å². The normalized spacial score (nSPS) is 12.8. The Hall–Kier alpha value is -5.16. The Labute approximate surface area is 309 Å². The number of hydrogen-bond donors (Lipinski definition) is 3. The number of aromatic nitrogens is 4. The Balaban J connectivity index is 0.00000131. The van der Waals surface area contributed by atoms with Gasteiger partial charge in [-0.15, -0.1) is 29.6 Å². The number of allylic oxidation sites excluding steroid dienone is 1. The maximum absolute atomic E-state index is 4.82. The summed E-state index contributed by atoms with van der Waals surface area (Å²) in [6.45, 7) is 29.3. The van der Waals surface area contributed by atoms with Crippen LogP contribution in [-0.4, -0.2) is 39.7 Å². The summed E-state index contributed by atoms with van der Waals surface area (Å²) >= 11 is 0. The average molecular weight is 691 g/mol. The van der Waals surface area contributed by atoms with E-state index in [2.05, 4.69) is 121 Å². The molecular formula is C43H62N8. The number of fused-ring (bicyclic) bond motifs is 1. The molecule has 1 heterocycles. The summed E-state index contributed by atoms with van der Waals surface area (Å²) in [5.74, 6) is 2.18. The molecule has 0 amide bonds. The minimum absolute atomic E-state index is 0.123. The highest BCUT2D eigenvalue weighted by atomic mass is 15.2. The molecule has 1 atom stereocenters. The van der Waals surface area contributed by atoms with Gasteiger partial charge in [0.25, 0.3) is 0 Å². The lowest BCUT2D eigenvalue weighted by Gasteiger charge is -2.28. The lowest BCUT2D eigenvalue weighted by molar-refractivity contribution is 0.519. The molecular weight excluding hydrogens is 629 g/mol. The van der Waals surface area contributed by atoms with Crippen LogP contribution in [0.5, 0.6) is 0 Å². The monoisotopic (exact) mass is 691 g/mol. The molecule has 8 nitrogen and oxygen atoms in total. The Morgan fingerprint density at radius 2 is 1.63 bits per heavy atom. The molecule has 274 valence electrons. The van der Waals surface area contributed by atoms with Gasteiger partial charge in [0.05, 0.1) is 28.8 Å². The molecule has 0 fully saturated rings. The molecule has 0 radical (unpaired) electrons. The van der Waals surface area contributed by atoms with E-state index < -0.39 is 0 Å². The lowest BCUT2D eigenvalue weighted by atomic mass is 9.86. The zero-order chi connectivity index (χ0) is 38.7. The first-order valence-electron chi connectivity index (χ1n) is 17.7. The summed E-state index contributed by atoms with van der Waals surface area (Å²) in [5.41, 5.74) is 11.7. The molecule has 51 heavy (non-hydrogen) atoms. The van der Waals surface area contributed by atoms with E-state index in [0.717, 1.165) is 60.0 Å². The van der Waals surface area contributed by atoms with Crippen molar-refractivity contribution in [3.63, 3.8) is 0 Å². The van der Waals surface area contributed by atoms with Gasteiger partial charge in [-0.2, -0.15) is 0 Å². The van der Waals surface area contributed by atoms with Gasteiger partial charge in [0.2, 0.25) is 0 Å². The van der Waals surface area contributed by atoms with Gasteiger partial charge in [-0.25, -0.2) is 4.98 Å². The quantitative estimate of drug-likeness (QED) is 0.0900. The number of hydrogen-bond acceptors (Lipinski definition) is 6. The first-order chi connectivity index (χ1) is 24.4. The molecule has 0 bridgehead atoms. The second-order valence-electron chi connectivity index (χ2n) is 12.2. The third kappa shape index (κ3) is 13.2. The van der Waals surface area contributed by atoms with Crippen LogP contribution in [0.2, 0.25) is 0 Å². The fourth-order valence-electron chi connectivity index (χ4n) is 5.28. The van der Waals surface area contributed by atoms with E-state index in [1.54, 1.807) is 0 Å². The molecule has 1 aromatic heterocycles. The van der Waals surface area contributed by atoms with Crippen LogP contribution >= 0.6 is 0 Å². The van der Waals surface area contributed by atoms with Crippen molar-refractivity contribution in [1.82, 2.24) is 35.7 Å². The Morgan fingerprint density at radius 1 is 0.961 bits per heavy atom. The van der Waals surface area contributed by atoms with Crippen molar-refractivity contribution in [1.29, 1.82) is 0 Å². The van der Waals surface area contributed by atoms with Crippen molar-refractivity contribution >= 4 is 17.2 Å². The van der Waals surface area contributed by atoms with E-state index in [4.69, 9.17) is 4.98 Å². The van der Waals surface area contributed by atoms with Crippen molar-refractivity contribution in [3.05, 3.63) is 124 Å². The van der Waals surface area contributed by atoms with E-state index in [1.807, 2.05) is 66.4 Å². The van der Waals surface area contributed by atoms with Gasteiger partial charge in [-0.3, -0.25) is 4.99 Å². The minimum atomic E-state index is 0.123. The summed E-state index contributed by atoms with van der Waals surface area (Å²) in [4.78, 5) is 9.19. The van der Waals surface area contributed by atoms with Crippen LogP contribution < -0.4 is 16.0 Å². The van der Waals surface area contributed by atoms with E-state index >= 15 is 0 Å². The van der Waals surface area contributed by atoms with E-state index in [-0.39, 0.29) is 6.04 Å². The molecule has 2 aromatic carbocycles. The predicted octanol–water partition coefficient (Wildman–Crippen LogP) is 8.81. The van der Waals surface area contributed by atoms with E-state index in [1.165, 1.54) is 33.4 Å². The van der Waals surface area contributed by atoms with Crippen molar-refractivity contribution in [3.8, 4) is 12.8 Å². The van der Waals surface area contributed by atoms with Gasteiger partial charge < -0.3 is 20.5 Å². The van der Waals surface area contributed by atoms with Crippen molar-refractivity contribution < 1.29 is 0 Å². The van der Waals surface area contributed by atoms with Crippen LogP contribution in [0, 0.1) is 40.5 Å². The highest BCUT2D eigenvalue weighted by molar-refractivity contribution is 5.98. The smallest absolute Gasteiger partial charge is 0.148 e. The zero-order valence-electron chi connectivity index (χ0n) is 33.2. The summed E-state index contributed by atoms with van der Waals surface area (Å²) in [7, 11) is 5.67. The summed E-state index contributed by atoms with van der Waals surface area (Å²) < 4.78 is 1.98. The first kappa shape index (κ1) is 43.9. The van der Waals surface area contributed by atoms with Gasteiger partial charge in [0, 0.05) is 33.3 Å². The molecule has 4 rings (SSSR count). The molecule has 0 aliphatic heterocycles. The number of terminal acetylenes is 1. The summed E-state index contributed by atoms with van der Waals surface area (Å²) in [6.07, 6.45) is 12.2. The summed E-state index contributed by atoms with van der Waals surface area (Å²) in [6, 6.07) is 15.2. The van der Waals surface area contributed by atoms with E-state index in [9.17, 15) is 0 Å². The van der Waals surface area contributed by atoms with Crippen molar-refractivity contribution in [2.24, 2.45) is 12.0 Å². The number of benzene rings is 2. The number of aryl methyl sites for hydroxylation is 5. The van der Waals surface area contributed by atoms with Crippen LogP contribution in [-0.2, 0) is 20.0 Å². The average Bonchev–Trinajstić information content (AvgIpc) is 3.19. The van der Waals surface area contributed by atoms with Crippen LogP contribution in [0.1, 0.15) is 109 Å². The number of aliphatic imine (C=N–C) groups is 1. The SMILES string of the molecule is C#C.C=C(C)CC.C=C(N[C@H]1CCCc2cc(C(=NC)NC)ccc21)c1cc(C(=C)NCc2ccc(C)c(C)c2)n(C)c(C)nnc(C)n1.CC. The highest BCUT2D eigenvalue weighted by Gasteiger charge is 2.22. The Bertz CT molecular complexity index is 1740. The van der Waals surface area contributed by atoms with Gasteiger partial charge in [0.15, 0.2) is 0 Å². The van der Waals surface area contributed by atoms with Crippen molar-refractivity contribution in [2.45, 2.75) is 93.7 Å². The lowest BCUT2D eigenvalue weighted by Crippen LogP contribution is -2.25. The molecule has 3 N–H and O–H groups in total. The zero-order valence-corrected chi connectivity index (χ0v) is 33.2. The largest absolute Gasteiger partial charge is 0.380 e. The standard InChI is InChI=1S/C34H44N8.C5H10.C2H6.C2H2/c1-21-13-14-27(17-22(21)2)20-37-24(4)33-19-32(39-25(5)40-41-26(6)42(33)9)23(3)38-31-12-10-11-28-18-29(15-16-30(28)31)34(35-7)36-8;1-4-5(2)3;2*1-2/h13-19,31,37-38H,3-4,10-12,20H2,1-2,5-9H3,(H,35,36);2,4H2,1,3H3;1-2H3;1-2H/t31-;;;/m0.../s1. The number of nitrogens with one attached hydrogen (secondary N) is 3.